The number of hydrogen-bond acceptors (Lipinski definition) is 0. The van der Waals surface area contributed by atoms with Gasteiger partial charge in [-0.2, -0.15) is 0 Å². The van der Waals surface area contributed by atoms with Crippen LogP contribution in [0, 0.1) is 6.92 Å². The third-order valence-corrected chi connectivity index (χ3v) is 1.96. The third kappa shape index (κ3) is 2.23. The molecule has 0 heterocycles. The van der Waals surface area contributed by atoms with E-state index in [1.54, 1.807) is 0 Å². The van der Waals surface area contributed by atoms with E-state index in [4.69, 9.17) is 11.6 Å². The first-order valence-corrected chi connectivity index (χ1v) is 4.14. The largest absolute Gasteiger partial charge is 0.115 e. The molecular weight excluding hydrogens is 156 g/mol. The Kier molecular flexibility index (Phi) is 2.24. The zero-order valence-corrected chi connectivity index (χ0v) is 7.94. The SMILES string of the molecule is Cc1ccc(C(C)(C)Cl)cc1. The van der Waals surface area contributed by atoms with Crippen molar-refractivity contribution >= 4 is 11.6 Å². The molecule has 0 bridgehead atoms. The highest BCUT2D eigenvalue weighted by atomic mass is 35.5. The molecule has 0 atom stereocenters. The zero-order chi connectivity index (χ0) is 8.48. The van der Waals surface area contributed by atoms with E-state index in [1.165, 1.54) is 11.1 Å². The molecule has 0 fully saturated rings. The molecule has 0 saturated heterocycles. The number of aryl methyl sites for hydroxylation is 1. The fourth-order valence-corrected chi connectivity index (χ4v) is 1.08. The van der Waals surface area contributed by atoms with Crippen LogP contribution in [0.25, 0.3) is 0 Å². The van der Waals surface area contributed by atoms with E-state index in [0.29, 0.717) is 0 Å². The quantitative estimate of drug-likeness (QED) is 0.564. The van der Waals surface area contributed by atoms with Crippen molar-refractivity contribution in [2.24, 2.45) is 0 Å². The van der Waals surface area contributed by atoms with Crippen molar-refractivity contribution in [2.75, 3.05) is 0 Å². The minimum Gasteiger partial charge on any atom is -0.115 e. The van der Waals surface area contributed by atoms with Gasteiger partial charge in [-0.25, -0.2) is 0 Å². The van der Waals surface area contributed by atoms with Gasteiger partial charge in [0.2, 0.25) is 0 Å². The van der Waals surface area contributed by atoms with E-state index >= 15 is 0 Å². The Balaban J connectivity index is 2.99. The molecule has 1 aromatic carbocycles. The van der Waals surface area contributed by atoms with Gasteiger partial charge < -0.3 is 0 Å². The van der Waals surface area contributed by atoms with E-state index in [0.717, 1.165) is 0 Å². The summed E-state index contributed by atoms with van der Waals surface area (Å²) in [5, 5.41) is 0. The van der Waals surface area contributed by atoms with Crippen molar-refractivity contribution in [1.29, 1.82) is 0 Å². The lowest BCUT2D eigenvalue weighted by molar-refractivity contribution is 0.766. The first-order chi connectivity index (χ1) is 5.00. The van der Waals surface area contributed by atoms with E-state index < -0.39 is 0 Å². The molecule has 0 radical (unpaired) electrons. The minimum absolute atomic E-state index is 0.242. The van der Waals surface area contributed by atoms with Gasteiger partial charge in [-0.15, -0.1) is 11.6 Å². The van der Waals surface area contributed by atoms with Gasteiger partial charge in [0.25, 0.3) is 0 Å². The fourth-order valence-electron chi connectivity index (χ4n) is 0.950. The first-order valence-electron chi connectivity index (χ1n) is 3.76. The highest BCUT2D eigenvalue weighted by Crippen LogP contribution is 2.27. The van der Waals surface area contributed by atoms with Gasteiger partial charge in [-0.1, -0.05) is 29.8 Å². The predicted molar refractivity (Wildman–Crippen MR) is 50.1 cm³/mol. The van der Waals surface area contributed by atoms with Crippen LogP contribution in [0.4, 0.5) is 0 Å². The Morgan fingerprint density at radius 2 is 1.55 bits per heavy atom. The van der Waals surface area contributed by atoms with E-state index in [2.05, 4.69) is 31.2 Å². The lowest BCUT2D eigenvalue weighted by Gasteiger charge is -2.15. The predicted octanol–water partition coefficient (Wildman–Crippen LogP) is 3.47. The maximum Gasteiger partial charge on any atom is 0.0638 e. The molecule has 0 nitrogen and oxygen atoms in total. The van der Waals surface area contributed by atoms with Gasteiger partial charge in [0.05, 0.1) is 4.87 Å². The monoisotopic (exact) mass is 168 g/mol. The molecule has 60 valence electrons. The molecule has 11 heavy (non-hydrogen) atoms. The fraction of sp³-hybridized carbons (Fsp3) is 0.400. The summed E-state index contributed by atoms with van der Waals surface area (Å²) < 4.78 is 0. The molecule has 0 aliphatic carbocycles. The minimum atomic E-state index is -0.242. The van der Waals surface area contributed by atoms with Crippen LogP contribution in [0.1, 0.15) is 25.0 Å². The van der Waals surface area contributed by atoms with Crippen molar-refractivity contribution < 1.29 is 0 Å². The van der Waals surface area contributed by atoms with E-state index in [1.807, 2.05) is 13.8 Å². The molecule has 0 unspecified atom stereocenters. The van der Waals surface area contributed by atoms with Crippen molar-refractivity contribution in [2.45, 2.75) is 25.6 Å². The Morgan fingerprint density at radius 1 is 1.09 bits per heavy atom. The van der Waals surface area contributed by atoms with Crippen LogP contribution in [0.2, 0.25) is 0 Å². The van der Waals surface area contributed by atoms with Crippen molar-refractivity contribution in [1.82, 2.24) is 0 Å². The lowest BCUT2D eigenvalue weighted by Crippen LogP contribution is -2.06. The van der Waals surface area contributed by atoms with Crippen LogP contribution < -0.4 is 0 Å². The molecule has 0 N–H and O–H groups in total. The summed E-state index contributed by atoms with van der Waals surface area (Å²) in [6.07, 6.45) is 0. The van der Waals surface area contributed by atoms with Gasteiger partial charge in [0, 0.05) is 0 Å². The summed E-state index contributed by atoms with van der Waals surface area (Å²) in [6.45, 7) is 6.07. The van der Waals surface area contributed by atoms with Crippen LogP contribution >= 0.6 is 11.6 Å². The van der Waals surface area contributed by atoms with Crippen molar-refractivity contribution in [3.05, 3.63) is 35.4 Å². The molecule has 0 aromatic heterocycles. The standard InChI is InChI=1S/C10H13Cl/c1-8-4-6-9(7-5-8)10(2,3)11/h4-7H,1-3H3. The summed E-state index contributed by atoms with van der Waals surface area (Å²) >= 11 is 6.11. The van der Waals surface area contributed by atoms with Gasteiger partial charge in [0.1, 0.15) is 0 Å². The number of halogens is 1. The molecular formula is C10H13Cl. The molecule has 1 heteroatoms. The van der Waals surface area contributed by atoms with Crippen LogP contribution in [0.3, 0.4) is 0 Å². The molecule has 0 saturated carbocycles. The number of rotatable bonds is 1. The second-order valence-electron chi connectivity index (χ2n) is 3.34. The van der Waals surface area contributed by atoms with Crippen LogP contribution in [-0.4, -0.2) is 0 Å². The van der Waals surface area contributed by atoms with Crippen molar-refractivity contribution in [3.8, 4) is 0 Å². The second kappa shape index (κ2) is 2.86. The third-order valence-electron chi connectivity index (χ3n) is 1.74. The molecule has 1 rings (SSSR count). The Morgan fingerprint density at radius 3 is 1.91 bits per heavy atom. The van der Waals surface area contributed by atoms with Gasteiger partial charge in [0.15, 0.2) is 0 Å². The number of benzene rings is 1. The maximum absolute atomic E-state index is 6.11. The van der Waals surface area contributed by atoms with Crippen LogP contribution in [-0.2, 0) is 4.87 Å². The Hall–Kier alpha value is -0.490. The lowest BCUT2D eigenvalue weighted by atomic mass is 10.0. The van der Waals surface area contributed by atoms with Gasteiger partial charge >= 0.3 is 0 Å². The normalized spacial score (nSPS) is 11.6. The smallest absolute Gasteiger partial charge is 0.0638 e. The molecule has 0 aliphatic rings. The highest BCUT2D eigenvalue weighted by molar-refractivity contribution is 6.23. The second-order valence-corrected chi connectivity index (χ2v) is 4.28. The van der Waals surface area contributed by atoms with Crippen molar-refractivity contribution in [3.63, 3.8) is 0 Å². The average molecular weight is 169 g/mol. The van der Waals surface area contributed by atoms with Crippen LogP contribution in [0.15, 0.2) is 24.3 Å². The summed E-state index contributed by atoms with van der Waals surface area (Å²) in [7, 11) is 0. The van der Waals surface area contributed by atoms with Gasteiger partial charge in [-0.05, 0) is 26.3 Å². The van der Waals surface area contributed by atoms with E-state index in [9.17, 15) is 0 Å². The number of alkyl halides is 1. The first kappa shape index (κ1) is 8.61. The average Bonchev–Trinajstić information content (AvgIpc) is 1.86. The van der Waals surface area contributed by atoms with Gasteiger partial charge in [-0.3, -0.25) is 0 Å². The molecule has 0 spiro atoms. The van der Waals surface area contributed by atoms with Crippen LogP contribution in [0.5, 0.6) is 0 Å². The molecule has 1 aromatic rings. The highest BCUT2D eigenvalue weighted by Gasteiger charge is 2.14. The van der Waals surface area contributed by atoms with E-state index in [-0.39, 0.29) is 4.87 Å². The number of hydrogen-bond donors (Lipinski definition) is 0. The summed E-state index contributed by atoms with van der Waals surface area (Å²) in [4.78, 5) is -0.242. The molecule has 0 amide bonds. The Labute approximate surface area is 73.2 Å². The summed E-state index contributed by atoms with van der Waals surface area (Å²) in [5.41, 5.74) is 2.44. The maximum atomic E-state index is 6.11. The molecule has 0 aliphatic heterocycles. The summed E-state index contributed by atoms with van der Waals surface area (Å²) in [5.74, 6) is 0. The Bertz CT molecular complexity index is 228. The zero-order valence-electron chi connectivity index (χ0n) is 7.19. The topological polar surface area (TPSA) is 0 Å². The summed E-state index contributed by atoms with van der Waals surface area (Å²) in [6, 6.07) is 8.31.